The summed E-state index contributed by atoms with van der Waals surface area (Å²) in [5.74, 6) is 1.95. The van der Waals surface area contributed by atoms with E-state index in [9.17, 15) is 9.90 Å². The molecule has 2 aliphatic heterocycles. The molecule has 0 bridgehead atoms. The summed E-state index contributed by atoms with van der Waals surface area (Å²) in [6.07, 6.45) is 0.994. The van der Waals surface area contributed by atoms with Crippen LogP contribution in [-0.4, -0.2) is 31.2 Å². The molecule has 0 saturated heterocycles. The van der Waals surface area contributed by atoms with Crippen LogP contribution in [0.15, 0.2) is 66.7 Å². The third-order valence-electron chi connectivity index (χ3n) is 6.28. The average molecular weight is 462 g/mol. The number of rotatable bonds is 9. The van der Waals surface area contributed by atoms with Crippen molar-refractivity contribution >= 4 is 5.91 Å². The summed E-state index contributed by atoms with van der Waals surface area (Å²) >= 11 is 0. The molecule has 176 valence electrons. The Morgan fingerprint density at radius 2 is 1.35 bits per heavy atom. The molecule has 2 heterocycles. The molecule has 0 unspecified atom stereocenters. The molecular weight excluding hydrogens is 434 g/mol. The summed E-state index contributed by atoms with van der Waals surface area (Å²) in [7, 11) is 0. The zero-order valence-corrected chi connectivity index (χ0v) is 18.7. The quantitative estimate of drug-likeness (QED) is 0.508. The second kappa shape index (κ2) is 10.1. The lowest BCUT2D eigenvalue weighted by Crippen LogP contribution is -2.38. The van der Waals surface area contributed by atoms with Crippen molar-refractivity contribution in [3.05, 3.63) is 83.4 Å². The summed E-state index contributed by atoms with van der Waals surface area (Å²) in [4.78, 5) is 13.4. The molecule has 3 aromatic rings. The number of aliphatic hydroxyl groups is 1. The summed E-state index contributed by atoms with van der Waals surface area (Å²) in [6.45, 7) is 0.710. The molecule has 0 aliphatic carbocycles. The number of aliphatic hydroxyl groups excluding tert-OH is 1. The number of carbonyl (C=O) groups is 1. The average Bonchev–Trinajstić information content (AvgIpc) is 3.54. The molecule has 2 aliphatic rings. The van der Waals surface area contributed by atoms with E-state index in [2.05, 4.69) is 5.32 Å². The van der Waals surface area contributed by atoms with Crippen molar-refractivity contribution < 1.29 is 28.8 Å². The number of nitrogens with one attached hydrogen (secondary N) is 1. The first-order valence-electron chi connectivity index (χ1n) is 11.4. The first kappa shape index (κ1) is 22.1. The van der Waals surface area contributed by atoms with Crippen molar-refractivity contribution in [1.29, 1.82) is 0 Å². The van der Waals surface area contributed by atoms with Crippen LogP contribution in [0.2, 0.25) is 0 Å². The van der Waals surface area contributed by atoms with Gasteiger partial charge >= 0.3 is 0 Å². The van der Waals surface area contributed by atoms with E-state index in [1.54, 1.807) is 0 Å². The van der Waals surface area contributed by atoms with Crippen LogP contribution < -0.4 is 24.3 Å². The third kappa shape index (κ3) is 4.94. The predicted molar refractivity (Wildman–Crippen MR) is 125 cm³/mol. The molecule has 7 heteroatoms. The molecule has 0 fully saturated rings. The maximum atomic E-state index is 13.4. The fourth-order valence-corrected chi connectivity index (χ4v) is 4.42. The van der Waals surface area contributed by atoms with E-state index in [1.165, 1.54) is 0 Å². The van der Waals surface area contributed by atoms with Crippen molar-refractivity contribution in [2.75, 3.05) is 20.2 Å². The van der Waals surface area contributed by atoms with Crippen molar-refractivity contribution in [3.63, 3.8) is 0 Å². The summed E-state index contributed by atoms with van der Waals surface area (Å²) in [6, 6.07) is 21.3. The second-order valence-electron chi connectivity index (χ2n) is 8.54. The van der Waals surface area contributed by atoms with Gasteiger partial charge in [-0.2, -0.15) is 0 Å². The Morgan fingerprint density at radius 3 is 1.97 bits per heavy atom. The molecule has 3 aromatic carbocycles. The van der Waals surface area contributed by atoms with Crippen LogP contribution in [0.1, 0.15) is 16.7 Å². The summed E-state index contributed by atoms with van der Waals surface area (Å²) in [5, 5.41) is 13.4. The van der Waals surface area contributed by atoms with Crippen LogP contribution in [0.5, 0.6) is 23.0 Å². The minimum Gasteiger partial charge on any atom is -0.454 e. The molecule has 0 saturated carbocycles. The van der Waals surface area contributed by atoms with E-state index in [-0.39, 0.29) is 32.0 Å². The van der Waals surface area contributed by atoms with E-state index >= 15 is 0 Å². The van der Waals surface area contributed by atoms with Gasteiger partial charge in [-0.05, 0) is 59.7 Å². The Hall–Kier alpha value is -3.71. The minimum atomic E-state index is -0.445. The summed E-state index contributed by atoms with van der Waals surface area (Å²) < 4.78 is 21.8. The van der Waals surface area contributed by atoms with Crippen molar-refractivity contribution in [2.45, 2.75) is 19.4 Å². The normalized spacial score (nSPS) is 15.1. The highest BCUT2D eigenvalue weighted by atomic mass is 16.7. The molecule has 1 amide bonds. The van der Waals surface area contributed by atoms with E-state index in [0.717, 1.165) is 16.7 Å². The van der Waals surface area contributed by atoms with Gasteiger partial charge in [0.2, 0.25) is 19.5 Å². The van der Waals surface area contributed by atoms with Crippen LogP contribution >= 0.6 is 0 Å². The zero-order valence-electron chi connectivity index (χ0n) is 18.7. The number of amides is 1. The molecule has 7 nitrogen and oxygen atoms in total. The molecule has 2 N–H and O–H groups in total. The first-order chi connectivity index (χ1) is 16.7. The van der Waals surface area contributed by atoms with Crippen LogP contribution in [-0.2, 0) is 24.2 Å². The molecule has 0 radical (unpaired) electrons. The standard InChI is InChI=1S/C27H27NO6/c29-15-21(10-19-6-8-23-25(12-19)33-16-31-23)22(27(30)28-14-18-4-2-1-3-5-18)11-20-7-9-24-26(13-20)34-17-32-24/h1-9,12-13,21-22,29H,10-11,14-17H2,(H,28,30)/t21-,22+/m1/s1. The van der Waals surface area contributed by atoms with Gasteiger partial charge in [-0.3, -0.25) is 4.79 Å². The van der Waals surface area contributed by atoms with E-state index in [0.29, 0.717) is 42.4 Å². The lowest BCUT2D eigenvalue weighted by Gasteiger charge is -2.25. The number of benzene rings is 3. The third-order valence-corrected chi connectivity index (χ3v) is 6.28. The Kier molecular flexibility index (Phi) is 6.53. The largest absolute Gasteiger partial charge is 0.454 e. The molecule has 34 heavy (non-hydrogen) atoms. The highest BCUT2D eigenvalue weighted by Crippen LogP contribution is 2.36. The SMILES string of the molecule is O=C(NCc1ccccc1)[C@@H](Cc1ccc2c(c1)OCO2)[C@@H](CO)Cc1ccc2c(c1)OCO2. The van der Waals surface area contributed by atoms with Crippen molar-refractivity contribution in [3.8, 4) is 23.0 Å². The van der Waals surface area contributed by atoms with Gasteiger partial charge in [0.15, 0.2) is 23.0 Å². The Morgan fingerprint density at radius 1 is 0.765 bits per heavy atom. The van der Waals surface area contributed by atoms with E-state index in [1.807, 2.05) is 66.7 Å². The fourth-order valence-electron chi connectivity index (χ4n) is 4.42. The zero-order chi connectivity index (χ0) is 23.3. The van der Waals surface area contributed by atoms with Crippen LogP contribution in [0.4, 0.5) is 0 Å². The highest BCUT2D eigenvalue weighted by Gasteiger charge is 2.29. The number of hydrogen-bond acceptors (Lipinski definition) is 6. The van der Waals surface area contributed by atoms with Crippen molar-refractivity contribution in [2.24, 2.45) is 11.8 Å². The number of ether oxygens (including phenoxy) is 4. The van der Waals surface area contributed by atoms with Gasteiger partial charge in [-0.25, -0.2) is 0 Å². The van der Waals surface area contributed by atoms with Crippen LogP contribution in [0, 0.1) is 11.8 Å². The lowest BCUT2D eigenvalue weighted by molar-refractivity contribution is -0.127. The Balaban J connectivity index is 1.36. The predicted octanol–water partition coefficient (Wildman–Crippen LogP) is 3.47. The number of hydrogen-bond donors (Lipinski definition) is 2. The maximum Gasteiger partial charge on any atom is 0.231 e. The smallest absolute Gasteiger partial charge is 0.231 e. The molecule has 0 aromatic heterocycles. The minimum absolute atomic E-state index is 0.0960. The van der Waals surface area contributed by atoms with Crippen molar-refractivity contribution in [1.82, 2.24) is 5.32 Å². The highest BCUT2D eigenvalue weighted by molar-refractivity contribution is 5.79. The molecule has 5 rings (SSSR count). The number of fused-ring (bicyclic) bond motifs is 2. The van der Waals surface area contributed by atoms with Gasteiger partial charge in [0, 0.05) is 19.1 Å². The molecule has 2 atom stereocenters. The first-order valence-corrected chi connectivity index (χ1v) is 11.4. The van der Waals surface area contributed by atoms with Gasteiger partial charge in [0.25, 0.3) is 0 Å². The van der Waals surface area contributed by atoms with E-state index in [4.69, 9.17) is 18.9 Å². The van der Waals surface area contributed by atoms with Gasteiger partial charge < -0.3 is 29.4 Å². The Bertz CT molecular complexity index is 1150. The summed E-state index contributed by atoms with van der Waals surface area (Å²) in [5.41, 5.74) is 2.96. The lowest BCUT2D eigenvalue weighted by atomic mass is 9.82. The maximum absolute atomic E-state index is 13.4. The number of carbonyl (C=O) groups excluding carboxylic acids is 1. The van der Waals surface area contributed by atoms with Gasteiger partial charge in [-0.15, -0.1) is 0 Å². The van der Waals surface area contributed by atoms with Gasteiger partial charge in [-0.1, -0.05) is 42.5 Å². The fraction of sp³-hybridized carbons (Fsp3) is 0.296. The monoisotopic (exact) mass is 461 g/mol. The van der Waals surface area contributed by atoms with E-state index < -0.39 is 5.92 Å². The second-order valence-corrected chi connectivity index (χ2v) is 8.54. The van der Waals surface area contributed by atoms with Crippen LogP contribution in [0.25, 0.3) is 0 Å². The molecular formula is C27H27NO6. The topological polar surface area (TPSA) is 86.3 Å². The van der Waals surface area contributed by atoms with Gasteiger partial charge in [0.1, 0.15) is 0 Å². The Labute approximate surface area is 198 Å². The van der Waals surface area contributed by atoms with Gasteiger partial charge in [0.05, 0.1) is 0 Å². The van der Waals surface area contributed by atoms with Crippen LogP contribution in [0.3, 0.4) is 0 Å². The molecule has 0 spiro atoms.